The van der Waals surface area contributed by atoms with E-state index in [1.165, 1.54) is 35.3 Å². The van der Waals surface area contributed by atoms with E-state index in [0.717, 1.165) is 64.9 Å². The third-order valence-corrected chi connectivity index (χ3v) is 18.6. The normalized spacial score (nSPS) is 11.9. The van der Waals surface area contributed by atoms with Crippen LogP contribution in [-0.4, -0.2) is 125 Å². The van der Waals surface area contributed by atoms with E-state index in [9.17, 15) is 18.6 Å². The van der Waals surface area contributed by atoms with Crippen LogP contribution in [0.1, 0.15) is 0 Å². The quantitative estimate of drug-likeness (QED) is 0.0510. The first-order chi connectivity index (χ1) is 20.0. The van der Waals surface area contributed by atoms with E-state index in [-0.39, 0.29) is 40.8 Å². The van der Waals surface area contributed by atoms with E-state index < -0.39 is 10.8 Å². The number of aliphatic hydroxyl groups is 2. The Morgan fingerprint density at radius 2 is 1.02 bits per heavy atom. The number of esters is 2. The Labute approximate surface area is 297 Å². The fourth-order valence-electron chi connectivity index (χ4n) is 1.78. The topological polar surface area (TPSA) is 127 Å². The molecule has 21 heteroatoms. The van der Waals surface area contributed by atoms with Crippen molar-refractivity contribution in [2.75, 3.05) is 93.2 Å². The highest BCUT2D eigenvalue weighted by atomic mass is 32.3. The van der Waals surface area contributed by atoms with Crippen molar-refractivity contribution in [1.82, 2.24) is 0 Å². The molecule has 0 bridgehead atoms. The van der Waals surface area contributed by atoms with E-state index in [1.807, 2.05) is 0 Å². The summed E-state index contributed by atoms with van der Waals surface area (Å²) < 4.78 is 22.0. The smallest absolute Gasteiger partial charge is 0.316 e. The Morgan fingerprint density at radius 3 is 1.59 bits per heavy atom. The molecular weight excluding hydrogens is 785 g/mol. The van der Waals surface area contributed by atoms with Gasteiger partial charge in [0.15, 0.2) is 5.12 Å². The molecule has 0 aromatic carbocycles. The molecule has 1 atom stereocenters. The fraction of sp³-hybridized carbons (Fsp3) is 0.850. The van der Waals surface area contributed by atoms with Crippen LogP contribution in [0.5, 0.6) is 0 Å². The maximum Gasteiger partial charge on any atom is 0.316 e. The molecule has 41 heavy (non-hydrogen) atoms. The highest BCUT2D eigenvalue weighted by Gasteiger charge is 2.06. The van der Waals surface area contributed by atoms with Crippen LogP contribution >= 0.6 is 141 Å². The first-order valence-electron chi connectivity index (χ1n) is 11.4. The van der Waals surface area contributed by atoms with Gasteiger partial charge in [-0.15, -0.1) is 94.1 Å². The Kier molecular flexibility index (Phi) is 38.2. The van der Waals surface area contributed by atoms with Crippen LogP contribution in [-0.2, 0) is 34.7 Å². The minimum atomic E-state index is -0.821. The molecule has 0 aliphatic heterocycles. The SMILES string of the molecule is O=C(CSCSCSCCS(=O)CSCSCSCSC(=O)CSCSCSCC(=O)OCSCO)OCSCO. The van der Waals surface area contributed by atoms with Crippen LogP contribution in [0.3, 0.4) is 0 Å². The lowest BCUT2D eigenvalue weighted by Crippen LogP contribution is -2.07. The van der Waals surface area contributed by atoms with E-state index in [1.54, 1.807) is 82.3 Å². The molecule has 8 nitrogen and oxygen atoms in total. The van der Waals surface area contributed by atoms with Crippen LogP contribution < -0.4 is 0 Å². The van der Waals surface area contributed by atoms with Gasteiger partial charge in [0.2, 0.25) is 0 Å². The number of aliphatic hydroxyl groups excluding tert-OH is 2. The Bertz CT molecular complexity index is 681. The van der Waals surface area contributed by atoms with Crippen molar-refractivity contribution in [2.45, 2.75) is 0 Å². The number of hydrogen-bond donors (Lipinski definition) is 2. The highest BCUT2D eigenvalue weighted by Crippen LogP contribution is 2.24. The first kappa shape index (κ1) is 43.9. The molecule has 0 spiro atoms. The molecule has 0 saturated heterocycles. The molecule has 0 fully saturated rings. The molecular formula is C20H36O8S13. The lowest BCUT2D eigenvalue weighted by molar-refractivity contribution is -0.139. The summed E-state index contributed by atoms with van der Waals surface area (Å²) >= 11 is 18.6. The molecule has 0 saturated carbocycles. The number of ether oxygens (including phenoxy) is 2. The number of thioether (sulfide) groups is 12. The van der Waals surface area contributed by atoms with Gasteiger partial charge in [-0.1, -0.05) is 35.3 Å². The monoisotopic (exact) mass is 820 g/mol. The summed E-state index contributed by atoms with van der Waals surface area (Å²) in [5.41, 5.74) is 0. The van der Waals surface area contributed by atoms with Gasteiger partial charge >= 0.3 is 11.9 Å². The second kappa shape index (κ2) is 35.7. The lowest BCUT2D eigenvalue weighted by atomic mass is 10.8. The van der Waals surface area contributed by atoms with Crippen molar-refractivity contribution in [1.29, 1.82) is 0 Å². The highest BCUT2D eigenvalue weighted by molar-refractivity contribution is 8.30. The molecule has 0 aliphatic rings. The molecule has 2 N–H and O–H groups in total. The van der Waals surface area contributed by atoms with Gasteiger partial charge in [-0.05, 0) is 0 Å². The number of carbonyl (C=O) groups excluding carboxylic acids is 3. The van der Waals surface area contributed by atoms with Gasteiger partial charge in [-0.25, -0.2) is 0 Å². The average molecular weight is 821 g/mol. The molecule has 1 unspecified atom stereocenters. The van der Waals surface area contributed by atoms with E-state index >= 15 is 0 Å². The predicted octanol–water partition coefficient (Wildman–Crippen LogP) is 5.62. The second-order valence-corrected chi connectivity index (χ2v) is 22.8. The number of carbonyl (C=O) groups is 3. The van der Waals surface area contributed by atoms with Crippen LogP contribution in [0.15, 0.2) is 0 Å². The standard InChI is InChI=1S/C20H36O8S13/c21-6-33-8-27-18(23)3-30-11-35-10-29-1-2-41(26)17-39-15-37-14-38-16-40-20(25)5-32-13-36-12-31-4-19(24)28-9-34-7-22/h21-22H,1-17H2. The van der Waals surface area contributed by atoms with Crippen LogP contribution in [0.25, 0.3) is 0 Å². The molecule has 0 aromatic heterocycles. The minimum absolute atomic E-state index is 0.0558. The molecule has 242 valence electrons. The van der Waals surface area contributed by atoms with Gasteiger partial charge in [0.1, 0.15) is 11.9 Å². The summed E-state index contributed by atoms with van der Waals surface area (Å²) in [6.07, 6.45) is 0. The third-order valence-electron chi connectivity index (χ3n) is 3.42. The summed E-state index contributed by atoms with van der Waals surface area (Å²) in [7, 11) is -0.821. The van der Waals surface area contributed by atoms with Crippen LogP contribution in [0.4, 0.5) is 0 Å². The first-order valence-corrected chi connectivity index (χ1v) is 26.6. The van der Waals surface area contributed by atoms with Gasteiger partial charge in [0.25, 0.3) is 0 Å². The van der Waals surface area contributed by atoms with Crippen molar-refractivity contribution >= 4 is 169 Å². The molecule has 0 rings (SSSR count). The molecule has 0 aliphatic carbocycles. The zero-order valence-corrected chi connectivity index (χ0v) is 32.8. The molecule has 0 heterocycles. The van der Waals surface area contributed by atoms with Gasteiger partial charge in [-0.2, -0.15) is 11.8 Å². The zero-order chi connectivity index (χ0) is 30.2. The third kappa shape index (κ3) is 35.6. The van der Waals surface area contributed by atoms with Crippen LogP contribution in [0.2, 0.25) is 0 Å². The van der Waals surface area contributed by atoms with Crippen molar-refractivity contribution in [3.8, 4) is 0 Å². The Morgan fingerprint density at radius 1 is 0.561 bits per heavy atom. The van der Waals surface area contributed by atoms with Gasteiger partial charge in [0, 0.05) is 57.9 Å². The summed E-state index contributed by atoms with van der Waals surface area (Å²) in [5, 5.41) is 23.9. The van der Waals surface area contributed by atoms with Crippen LogP contribution in [0, 0.1) is 0 Å². The van der Waals surface area contributed by atoms with E-state index in [0.29, 0.717) is 28.1 Å². The lowest BCUT2D eigenvalue weighted by Gasteiger charge is -2.05. The molecule has 0 radical (unpaired) electrons. The number of hydrogen-bond acceptors (Lipinski definition) is 20. The van der Waals surface area contributed by atoms with E-state index in [4.69, 9.17) is 19.7 Å². The average Bonchev–Trinajstić information content (AvgIpc) is 2.95. The second-order valence-electron chi connectivity index (χ2n) is 6.51. The van der Waals surface area contributed by atoms with Crippen molar-refractivity contribution in [2.24, 2.45) is 0 Å². The maximum absolute atomic E-state index is 12.1. The molecule has 0 aromatic rings. The maximum atomic E-state index is 12.1. The molecule has 0 amide bonds. The summed E-state index contributed by atoms with van der Waals surface area (Å²) in [4.78, 5) is 34.8. The van der Waals surface area contributed by atoms with Crippen molar-refractivity contribution in [3.63, 3.8) is 0 Å². The predicted molar refractivity (Wildman–Crippen MR) is 204 cm³/mol. The Balaban J connectivity index is 3.35. The summed E-state index contributed by atoms with van der Waals surface area (Å²) in [6, 6.07) is 0. The summed E-state index contributed by atoms with van der Waals surface area (Å²) in [6.45, 7) is 0. The largest absolute Gasteiger partial charge is 0.454 e. The van der Waals surface area contributed by atoms with Gasteiger partial charge < -0.3 is 19.7 Å². The fourth-order valence-corrected chi connectivity index (χ4v) is 15.6. The number of rotatable bonds is 31. The van der Waals surface area contributed by atoms with Crippen molar-refractivity contribution in [3.05, 3.63) is 0 Å². The van der Waals surface area contributed by atoms with Crippen molar-refractivity contribution < 1.29 is 38.3 Å². The zero-order valence-electron chi connectivity index (χ0n) is 22.2. The van der Waals surface area contributed by atoms with Gasteiger partial charge in [0.05, 0.1) is 34.2 Å². The van der Waals surface area contributed by atoms with E-state index in [2.05, 4.69) is 0 Å². The Hall–Kier alpha value is 2.88. The summed E-state index contributed by atoms with van der Waals surface area (Å²) in [5.74, 6) is 2.34. The minimum Gasteiger partial charge on any atom is -0.454 e. The van der Waals surface area contributed by atoms with Gasteiger partial charge in [-0.3, -0.25) is 18.6 Å².